The number of nitrogens with zero attached hydrogens (tertiary/aromatic N) is 2. The van der Waals surface area contributed by atoms with Gasteiger partial charge in [-0.2, -0.15) is 4.98 Å². The van der Waals surface area contributed by atoms with E-state index in [9.17, 15) is 0 Å². The molecule has 3 aromatic heterocycles. The minimum Gasteiger partial charge on any atom is -0.461 e. The van der Waals surface area contributed by atoms with Gasteiger partial charge in [-0.3, -0.25) is 0 Å². The van der Waals surface area contributed by atoms with Crippen LogP contribution in [0.2, 0.25) is 0 Å². The fraction of sp³-hybridized carbons (Fsp3) is 0.231. The predicted octanol–water partition coefficient (Wildman–Crippen LogP) is 2.63. The van der Waals surface area contributed by atoms with Crippen LogP contribution in [0.5, 0.6) is 0 Å². The van der Waals surface area contributed by atoms with Crippen molar-refractivity contribution in [3.8, 4) is 11.6 Å². The highest BCUT2D eigenvalue weighted by Gasteiger charge is 2.27. The Balaban J connectivity index is 1.71. The fourth-order valence-corrected chi connectivity index (χ4v) is 3.25. The molecule has 0 radical (unpaired) electrons. The fourth-order valence-electron chi connectivity index (χ4n) is 2.33. The van der Waals surface area contributed by atoms with Gasteiger partial charge in [0, 0.05) is 11.4 Å². The van der Waals surface area contributed by atoms with E-state index in [0.29, 0.717) is 17.5 Å². The third kappa shape index (κ3) is 1.80. The zero-order chi connectivity index (χ0) is 12.7. The Labute approximate surface area is 113 Å². The zero-order valence-corrected chi connectivity index (χ0v) is 10.8. The van der Waals surface area contributed by atoms with Crippen LogP contribution in [-0.4, -0.2) is 16.7 Å². The second kappa shape index (κ2) is 4.32. The first-order valence-electron chi connectivity index (χ1n) is 6.09. The molecular weight excluding hydrogens is 262 g/mol. The second-order valence-electron chi connectivity index (χ2n) is 4.37. The molecular formula is C13H11N3O2S. The van der Waals surface area contributed by atoms with Crippen LogP contribution >= 0.6 is 11.3 Å². The van der Waals surface area contributed by atoms with Crippen LogP contribution in [0, 0.1) is 0 Å². The number of hydrogen-bond donors (Lipinski definition) is 1. The van der Waals surface area contributed by atoms with Gasteiger partial charge in [0.2, 0.25) is 11.7 Å². The van der Waals surface area contributed by atoms with Crippen molar-refractivity contribution in [1.82, 2.24) is 15.5 Å². The van der Waals surface area contributed by atoms with Crippen molar-refractivity contribution in [3.05, 3.63) is 46.2 Å². The van der Waals surface area contributed by atoms with E-state index in [1.54, 1.807) is 23.7 Å². The van der Waals surface area contributed by atoms with Gasteiger partial charge in [-0.05, 0) is 35.6 Å². The third-order valence-electron chi connectivity index (χ3n) is 3.22. The molecule has 96 valence electrons. The number of fused-ring (bicyclic) bond motifs is 1. The van der Waals surface area contributed by atoms with Crippen molar-refractivity contribution in [2.45, 2.75) is 12.5 Å². The van der Waals surface area contributed by atoms with Gasteiger partial charge in [-0.15, -0.1) is 11.3 Å². The van der Waals surface area contributed by atoms with E-state index in [-0.39, 0.29) is 6.04 Å². The van der Waals surface area contributed by atoms with Crippen LogP contribution in [0.1, 0.15) is 22.4 Å². The number of rotatable bonds is 2. The number of furan rings is 1. The van der Waals surface area contributed by atoms with Crippen molar-refractivity contribution >= 4 is 11.3 Å². The lowest BCUT2D eigenvalue weighted by Gasteiger charge is -2.20. The highest BCUT2D eigenvalue weighted by Crippen LogP contribution is 2.32. The van der Waals surface area contributed by atoms with Gasteiger partial charge in [0.25, 0.3) is 0 Å². The van der Waals surface area contributed by atoms with Gasteiger partial charge in [-0.25, -0.2) is 0 Å². The van der Waals surface area contributed by atoms with Gasteiger partial charge in [0.15, 0.2) is 5.76 Å². The maximum atomic E-state index is 5.38. The maximum absolute atomic E-state index is 5.38. The van der Waals surface area contributed by atoms with E-state index in [1.165, 1.54) is 10.4 Å². The minimum absolute atomic E-state index is 0.00814. The molecule has 1 aliphatic heterocycles. The largest absolute Gasteiger partial charge is 0.461 e. The third-order valence-corrected chi connectivity index (χ3v) is 4.22. The molecule has 0 saturated carbocycles. The molecule has 0 amide bonds. The molecule has 0 spiro atoms. The first-order chi connectivity index (χ1) is 9.42. The minimum atomic E-state index is -0.00814. The Morgan fingerprint density at radius 2 is 2.37 bits per heavy atom. The normalized spacial score (nSPS) is 18.4. The standard InChI is InChI=1S/C13H11N3O2S/c1-2-9(17-6-1)12-15-13(18-16-12)11-8-4-7-19-10(8)3-5-14-11/h1-2,4,6-7,11,14H,3,5H2. The van der Waals surface area contributed by atoms with Crippen molar-refractivity contribution in [2.24, 2.45) is 0 Å². The molecule has 4 heterocycles. The maximum Gasteiger partial charge on any atom is 0.248 e. The van der Waals surface area contributed by atoms with Gasteiger partial charge >= 0.3 is 0 Å². The van der Waals surface area contributed by atoms with Crippen LogP contribution in [0.4, 0.5) is 0 Å². The summed E-state index contributed by atoms with van der Waals surface area (Å²) in [5.41, 5.74) is 1.24. The average molecular weight is 273 g/mol. The molecule has 6 heteroatoms. The summed E-state index contributed by atoms with van der Waals surface area (Å²) < 4.78 is 10.6. The number of thiophene rings is 1. The summed E-state index contributed by atoms with van der Waals surface area (Å²) in [5.74, 6) is 1.70. The van der Waals surface area contributed by atoms with Crippen molar-refractivity contribution in [1.29, 1.82) is 0 Å². The summed E-state index contributed by atoms with van der Waals surface area (Å²) in [4.78, 5) is 5.82. The SMILES string of the molecule is c1coc(-c2noc(C3NCCc4sccc43)n2)c1. The first-order valence-corrected chi connectivity index (χ1v) is 6.97. The molecule has 1 unspecified atom stereocenters. The molecule has 4 rings (SSSR count). The number of nitrogens with one attached hydrogen (secondary N) is 1. The zero-order valence-electron chi connectivity index (χ0n) is 10.00. The van der Waals surface area contributed by atoms with Crippen LogP contribution in [0.3, 0.4) is 0 Å². The number of aromatic nitrogens is 2. The van der Waals surface area contributed by atoms with Gasteiger partial charge in [0.1, 0.15) is 6.04 Å². The van der Waals surface area contributed by atoms with E-state index < -0.39 is 0 Å². The monoisotopic (exact) mass is 273 g/mol. The van der Waals surface area contributed by atoms with E-state index in [0.717, 1.165) is 13.0 Å². The van der Waals surface area contributed by atoms with Gasteiger partial charge in [0.05, 0.1) is 6.26 Å². The lowest BCUT2D eigenvalue weighted by molar-refractivity contribution is 0.344. The molecule has 0 aromatic carbocycles. The summed E-state index contributed by atoms with van der Waals surface area (Å²) in [6, 6.07) is 5.74. The smallest absolute Gasteiger partial charge is 0.248 e. The van der Waals surface area contributed by atoms with E-state index in [4.69, 9.17) is 8.94 Å². The van der Waals surface area contributed by atoms with Crippen LogP contribution in [0.25, 0.3) is 11.6 Å². The Bertz CT molecular complexity index is 686. The second-order valence-corrected chi connectivity index (χ2v) is 5.37. The van der Waals surface area contributed by atoms with Crippen molar-refractivity contribution in [3.63, 3.8) is 0 Å². The molecule has 19 heavy (non-hydrogen) atoms. The summed E-state index contributed by atoms with van der Waals surface area (Å²) >= 11 is 1.78. The quantitative estimate of drug-likeness (QED) is 0.777. The molecule has 1 atom stereocenters. The van der Waals surface area contributed by atoms with Gasteiger partial charge < -0.3 is 14.3 Å². The highest BCUT2D eigenvalue weighted by molar-refractivity contribution is 7.10. The van der Waals surface area contributed by atoms with E-state index in [2.05, 4.69) is 26.9 Å². The lowest BCUT2D eigenvalue weighted by atomic mass is 10.0. The van der Waals surface area contributed by atoms with E-state index >= 15 is 0 Å². The highest BCUT2D eigenvalue weighted by atomic mass is 32.1. The molecule has 0 fully saturated rings. The van der Waals surface area contributed by atoms with Crippen LogP contribution in [-0.2, 0) is 6.42 Å². The Hall–Kier alpha value is -1.92. The molecule has 5 nitrogen and oxygen atoms in total. The first kappa shape index (κ1) is 11.0. The summed E-state index contributed by atoms with van der Waals surface area (Å²) in [6.45, 7) is 0.927. The molecule has 0 aliphatic carbocycles. The van der Waals surface area contributed by atoms with Crippen molar-refractivity contribution in [2.75, 3.05) is 6.54 Å². The Morgan fingerprint density at radius 3 is 3.26 bits per heavy atom. The molecule has 3 aromatic rings. The molecule has 0 bridgehead atoms. The van der Waals surface area contributed by atoms with E-state index in [1.807, 2.05) is 6.07 Å². The van der Waals surface area contributed by atoms with Crippen LogP contribution < -0.4 is 5.32 Å². The predicted molar refractivity (Wildman–Crippen MR) is 69.9 cm³/mol. The number of hydrogen-bond acceptors (Lipinski definition) is 6. The Kier molecular flexibility index (Phi) is 2.49. The molecule has 1 N–H and O–H groups in total. The average Bonchev–Trinajstić information content (AvgIpc) is 3.18. The molecule has 0 saturated heterocycles. The summed E-state index contributed by atoms with van der Waals surface area (Å²) in [7, 11) is 0. The molecule has 1 aliphatic rings. The Morgan fingerprint density at radius 1 is 1.37 bits per heavy atom. The van der Waals surface area contributed by atoms with Crippen LogP contribution in [0.15, 0.2) is 38.8 Å². The topological polar surface area (TPSA) is 64.1 Å². The summed E-state index contributed by atoms with van der Waals surface area (Å²) in [5, 5.41) is 9.50. The van der Waals surface area contributed by atoms with Crippen molar-refractivity contribution < 1.29 is 8.94 Å². The van der Waals surface area contributed by atoms with Gasteiger partial charge in [-0.1, -0.05) is 5.16 Å². The lowest BCUT2D eigenvalue weighted by Crippen LogP contribution is -2.29. The summed E-state index contributed by atoms with van der Waals surface area (Å²) in [6.07, 6.45) is 2.66.